The number of carbonyl (C=O) groups is 1. The van der Waals surface area contributed by atoms with E-state index in [9.17, 15) is 13.6 Å². The highest BCUT2D eigenvalue weighted by Crippen LogP contribution is 2.28. The van der Waals surface area contributed by atoms with Crippen LogP contribution in [0.4, 0.5) is 8.78 Å². The van der Waals surface area contributed by atoms with Crippen molar-refractivity contribution in [3.8, 4) is 0 Å². The summed E-state index contributed by atoms with van der Waals surface area (Å²) in [4.78, 5) is 12.5. The molecule has 0 aromatic heterocycles. The monoisotopic (exact) mass is 313 g/mol. The summed E-state index contributed by atoms with van der Waals surface area (Å²) in [7, 11) is 0. The van der Waals surface area contributed by atoms with Gasteiger partial charge in [-0.2, -0.15) is 0 Å². The zero-order valence-electron chi connectivity index (χ0n) is 12.4. The summed E-state index contributed by atoms with van der Waals surface area (Å²) in [5.74, 6) is -0.819. The number of hydrogen-bond donors (Lipinski definition) is 1. The third kappa shape index (κ3) is 4.43. The fraction of sp³-hybridized carbons (Fsp3) is 0.562. The van der Waals surface area contributed by atoms with Gasteiger partial charge in [0.15, 0.2) is 0 Å². The largest absolute Gasteiger partial charge is 0.352 e. The summed E-state index contributed by atoms with van der Waals surface area (Å²) in [5.41, 5.74) is 0. The molecule has 3 atom stereocenters. The first kappa shape index (κ1) is 16.3. The molecule has 2 rings (SSSR count). The lowest BCUT2D eigenvalue weighted by Crippen LogP contribution is -2.44. The van der Waals surface area contributed by atoms with Crippen LogP contribution in [0, 0.1) is 17.6 Å². The Morgan fingerprint density at radius 2 is 2.05 bits per heavy atom. The predicted molar refractivity (Wildman–Crippen MR) is 81.2 cm³/mol. The van der Waals surface area contributed by atoms with Crippen LogP contribution in [0.15, 0.2) is 23.1 Å². The minimum absolute atomic E-state index is 0.0810. The molecule has 1 saturated carbocycles. The Labute approximate surface area is 128 Å². The Balaban J connectivity index is 1.92. The van der Waals surface area contributed by atoms with Gasteiger partial charge in [-0.15, -0.1) is 11.8 Å². The highest BCUT2D eigenvalue weighted by atomic mass is 32.2. The minimum atomic E-state index is -0.620. The molecule has 3 unspecified atom stereocenters. The van der Waals surface area contributed by atoms with E-state index in [1.54, 1.807) is 6.92 Å². The highest BCUT2D eigenvalue weighted by molar-refractivity contribution is 8.00. The molecule has 0 radical (unpaired) electrons. The van der Waals surface area contributed by atoms with Crippen LogP contribution in [0.5, 0.6) is 0 Å². The SMILES string of the molecule is CC(Sc1ccc(F)cc1F)C(=O)NC1CCCCC1C. The molecule has 0 aliphatic heterocycles. The van der Waals surface area contributed by atoms with Crippen molar-refractivity contribution < 1.29 is 13.6 Å². The van der Waals surface area contributed by atoms with Crippen LogP contribution in [-0.2, 0) is 4.79 Å². The first-order valence-corrected chi connectivity index (χ1v) is 8.27. The second-order valence-electron chi connectivity index (χ2n) is 5.71. The van der Waals surface area contributed by atoms with Crippen LogP contribution in [0.1, 0.15) is 39.5 Å². The van der Waals surface area contributed by atoms with E-state index in [2.05, 4.69) is 12.2 Å². The van der Waals surface area contributed by atoms with E-state index in [1.807, 2.05) is 0 Å². The Morgan fingerprint density at radius 1 is 1.33 bits per heavy atom. The van der Waals surface area contributed by atoms with Crippen molar-refractivity contribution in [2.24, 2.45) is 5.92 Å². The van der Waals surface area contributed by atoms with Gasteiger partial charge in [-0.3, -0.25) is 4.79 Å². The van der Waals surface area contributed by atoms with Gasteiger partial charge in [0.25, 0.3) is 0 Å². The summed E-state index contributed by atoms with van der Waals surface area (Å²) in [5, 5.41) is 2.66. The average molecular weight is 313 g/mol. The van der Waals surface area contributed by atoms with Crippen molar-refractivity contribution in [2.75, 3.05) is 0 Å². The maximum atomic E-state index is 13.6. The molecule has 0 bridgehead atoms. The zero-order valence-corrected chi connectivity index (χ0v) is 13.2. The molecule has 1 aliphatic rings. The maximum absolute atomic E-state index is 13.6. The van der Waals surface area contributed by atoms with Crippen molar-refractivity contribution in [3.05, 3.63) is 29.8 Å². The molecule has 5 heteroatoms. The molecular weight excluding hydrogens is 292 g/mol. The van der Waals surface area contributed by atoms with Gasteiger partial charge in [0.05, 0.1) is 5.25 Å². The molecule has 0 spiro atoms. The average Bonchev–Trinajstić information content (AvgIpc) is 2.44. The van der Waals surface area contributed by atoms with Crippen molar-refractivity contribution in [1.29, 1.82) is 0 Å². The maximum Gasteiger partial charge on any atom is 0.233 e. The normalized spacial score (nSPS) is 23.6. The molecular formula is C16H21F2NOS. The van der Waals surface area contributed by atoms with Gasteiger partial charge < -0.3 is 5.32 Å². The number of rotatable bonds is 4. The standard InChI is InChI=1S/C16H21F2NOS/c1-10-5-3-4-6-14(10)19-16(20)11(2)21-15-8-7-12(17)9-13(15)18/h7-11,14H,3-6H2,1-2H3,(H,19,20). The number of amides is 1. The Kier molecular flexibility index (Phi) is 5.62. The summed E-state index contributed by atoms with van der Waals surface area (Å²) < 4.78 is 26.5. The molecule has 1 aromatic carbocycles. The fourth-order valence-corrected chi connectivity index (χ4v) is 3.52. The lowest BCUT2D eigenvalue weighted by atomic mass is 9.86. The number of benzene rings is 1. The summed E-state index contributed by atoms with van der Waals surface area (Å²) in [6.45, 7) is 3.90. The molecule has 1 aromatic rings. The van der Waals surface area contributed by atoms with E-state index in [1.165, 1.54) is 18.6 Å². The van der Waals surface area contributed by atoms with Gasteiger partial charge in [0.1, 0.15) is 11.6 Å². The first-order chi connectivity index (χ1) is 9.97. The highest BCUT2D eigenvalue weighted by Gasteiger charge is 2.25. The molecule has 0 saturated heterocycles. The quantitative estimate of drug-likeness (QED) is 0.846. The molecule has 0 heterocycles. The molecule has 21 heavy (non-hydrogen) atoms. The zero-order chi connectivity index (χ0) is 15.4. The molecule has 2 nitrogen and oxygen atoms in total. The van der Waals surface area contributed by atoms with Gasteiger partial charge >= 0.3 is 0 Å². The molecule has 1 amide bonds. The van der Waals surface area contributed by atoms with Gasteiger partial charge in [0.2, 0.25) is 5.91 Å². The number of carbonyl (C=O) groups excluding carboxylic acids is 1. The number of hydrogen-bond acceptors (Lipinski definition) is 2. The van der Waals surface area contributed by atoms with Crippen molar-refractivity contribution in [3.63, 3.8) is 0 Å². The second kappa shape index (κ2) is 7.25. The smallest absolute Gasteiger partial charge is 0.233 e. The second-order valence-corrected chi connectivity index (χ2v) is 7.09. The summed E-state index contributed by atoms with van der Waals surface area (Å²) in [6, 6.07) is 3.64. The van der Waals surface area contributed by atoms with Gasteiger partial charge in [-0.1, -0.05) is 19.8 Å². The minimum Gasteiger partial charge on any atom is -0.352 e. The van der Waals surface area contributed by atoms with E-state index < -0.39 is 16.9 Å². The Morgan fingerprint density at radius 3 is 2.71 bits per heavy atom. The van der Waals surface area contributed by atoms with E-state index in [-0.39, 0.29) is 11.9 Å². The van der Waals surface area contributed by atoms with Crippen molar-refractivity contribution in [2.45, 2.75) is 55.7 Å². The van der Waals surface area contributed by atoms with Crippen molar-refractivity contribution >= 4 is 17.7 Å². The van der Waals surface area contributed by atoms with Gasteiger partial charge in [-0.05, 0) is 37.8 Å². The van der Waals surface area contributed by atoms with Crippen LogP contribution in [0.3, 0.4) is 0 Å². The third-order valence-electron chi connectivity index (χ3n) is 4.01. The van der Waals surface area contributed by atoms with Gasteiger partial charge in [-0.25, -0.2) is 8.78 Å². The summed E-state index contributed by atoms with van der Waals surface area (Å²) in [6.07, 6.45) is 4.51. The number of halogens is 2. The van der Waals surface area contributed by atoms with Crippen LogP contribution in [0.2, 0.25) is 0 Å². The number of thioether (sulfide) groups is 1. The van der Waals surface area contributed by atoms with E-state index in [0.29, 0.717) is 10.8 Å². The third-order valence-corrected chi connectivity index (χ3v) is 5.16. The van der Waals surface area contributed by atoms with E-state index in [0.717, 1.165) is 37.1 Å². The number of nitrogens with one attached hydrogen (secondary N) is 1. The predicted octanol–water partition coefficient (Wildman–Crippen LogP) is 4.14. The fourth-order valence-electron chi connectivity index (χ4n) is 2.65. The van der Waals surface area contributed by atoms with E-state index >= 15 is 0 Å². The Bertz CT molecular complexity index is 509. The lowest BCUT2D eigenvalue weighted by molar-refractivity contribution is -0.121. The van der Waals surface area contributed by atoms with E-state index in [4.69, 9.17) is 0 Å². The summed E-state index contributed by atoms with van der Waals surface area (Å²) >= 11 is 1.12. The lowest BCUT2D eigenvalue weighted by Gasteiger charge is -2.30. The molecule has 116 valence electrons. The van der Waals surface area contributed by atoms with Crippen LogP contribution in [0.25, 0.3) is 0 Å². The van der Waals surface area contributed by atoms with Crippen LogP contribution < -0.4 is 5.32 Å². The van der Waals surface area contributed by atoms with Crippen molar-refractivity contribution in [1.82, 2.24) is 5.32 Å². The van der Waals surface area contributed by atoms with Crippen LogP contribution >= 0.6 is 11.8 Å². The van der Waals surface area contributed by atoms with Crippen LogP contribution in [-0.4, -0.2) is 17.2 Å². The molecule has 1 fully saturated rings. The van der Waals surface area contributed by atoms with Gasteiger partial charge in [0, 0.05) is 17.0 Å². The molecule has 1 N–H and O–H groups in total. The Hall–Kier alpha value is -1.10. The topological polar surface area (TPSA) is 29.1 Å². The first-order valence-electron chi connectivity index (χ1n) is 7.39. The molecule has 1 aliphatic carbocycles.